The smallest absolute Gasteiger partial charge is 0.144 e. The molecule has 1 aromatic carbocycles. The average molecular weight is 267 g/mol. The Balaban J connectivity index is 1.90. The molecule has 0 unspecified atom stereocenters. The molecular formula is C17H21N3. The number of rotatable bonds is 3. The molecule has 3 rings (SSSR count). The summed E-state index contributed by atoms with van der Waals surface area (Å²) in [6.07, 6.45) is 8.80. The van der Waals surface area contributed by atoms with Gasteiger partial charge in [0, 0.05) is 12.4 Å². The van der Waals surface area contributed by atoms with E-state index in [-0.39, 0.29) is 0 Å². The van der Waals surface area contributed by atoms with Crippen LogP contribution in [0.25, 0.3) is 0 Å². The monoisotopic (exact) mass is 267 g/mol. The fourth-order valence-corrected chi connectivity index (χ4v) is 2.88. The average Bonchev–Trinajstić information content (AvgIpc) is 2.48. The van der Waals surface area contributed by atoms with Crippen molar-refractivity contribution in [2.75, 3.05) is 5.32 Å². The molecule has 2 aromatic rings. The molecule has 1 aromatic heterocycles. The summed E-state index contributed by atoms with van der Waals surface area (Å²) in [6, 6.07) is 7.30. The lowest BCUT2D eigenvalue weighted by Gasteiger charge is -2.27. The maximum absolute atomic E-state index is 4.33. The molecule has 1 heterocycles. The molecule has 0 saturated carbocycles. The highest BCUT2D eigenvalue weighted by Crippen LogP contribution is 2.33. The van der Waals surface area contributed by atoms with Crippen molar-refractivity contribution in [2.24, 2.45) is 0 Å². The molecule has 0 bridgehead atoms. The van der Waals surface area contributed by atoms with Gasteiger partial charge in [0.1, 0.15) is 5.82 Å². The van der Waals surface area contributed by atoms with Crippen molar-refractivity contribution >= 4 is 5.82 Å². The number of fused-ring (bicyclic) bond motifs is 1. The second kappa shape index (κ2) is 5.61. The van der Waals surface area contributed by atoms with Gasteiger partial charge in [0.15, 0.2) is 0 Å². The third kappa shape index (κ3) is 2.67. The van der Waals surface area contributed by atoms with Gasteiger partial charge in [-0.15, -0.1) is 0 Å². The molecular weight excluding hydrogens is 246 g/mol. The molecule has 1 aliphatic carbocycles. The van der Waals surface area contributed by atoms with Crippen LogP contribution in [0.2, 0.25) is 0 Å². The van der Waals surface area contributed by atoms with Crippen LogP contribution < -0.4 is 5.32 Å². The lowest BCUT2D eigenvalue weighted by Crippen LogP contribution is -2.18. The molecule has 0 radical (unpaired) electrons. The summed E-state index contributed by atoms with van der Waals surface area (Å²) in [5, 5.41) is 3.53. The molecule has 0 amide bonds. The number of anilines is 1. The molecule has 0 aliphatic heterocycles. The van der Waals surface area contributed by atoms with Crippen molar-refractivity contribution < 1.29 is 0 Å². The van der Waals surface area contributed by atoms with Crippen LogP contribution >= 0.6 is 0 Å². The number of hydrogen-bond donors (Lipinski definition) is 1. The molecule has 0 fully saturated rings. The second-order valence-electron chi connectivity index (χ2n) is 5.79. The largest absolute Gasteiger partial charge is 0.362 e. The van der Waals surface area contributed by atoms with E-state index in [0.717, 1.165) is 12.2 Å². The highest BCUT2D eigenvalue weighted by molar-refractivity contribution is 5.43. The zero-order chi connectivity index (χ0) is 13.9. The van der Waals surface area contributed by atoms with Gasteiger partial charge in [0.05, 0.1) is 12.2 Å². The van der Waals surface area contributed by atoms with Gasteiger partial charge in [-0.2, -0.15) is 0 Å². The summed E-state index contributed by atoms with van der Waals surface area (Å²) < 4.78 is 0. The maximum Gasteiger partial charge on any atom is 0.144 e. The molecule has 20 heavy (non-hydrogen) atoms. The third-order valence-corrected chi connectivity index (χ3v) is 4.04. The Morgan fingerprint density at radius 3 is 2.90 bits per heavy atom. The van der Waals surface area contributed by atoms with Crippen LogP contribution in [0.15, 0.2) is 36.8 Å². The van der Waals surface area contributed by atoms with Crippen LogP contribution in [0.5, 0.6) is 0 Å². The Labute approximate surface area is 120 Å². The molecule has 0 spiro atoms. The number of aryl methyl sites for hydroxylation is 1. The summed E-state index contributed by atoms with van der Waals surface area (Å²) >= 11 is 0. The first kappa shape index (κ1) is 13.1. The van der Waals surface area contributed by atoms with Crippen LogP contribution in [0.4, 0.5) is 5.82 Å². The van der Waals surface area contributed by atoms with E-state index in [1.807, 2.05) is 0 Å². The summed E-state index contributed by atoms with van der Waals surface area (Å²) in [5.41, 5.74) is 4.33. The van der Waals surface area contributed by atoms with Gasteiger partial charge < -0.3 is 5.32 Å². The molecule has 1 N–H and O–H groups in total. The fraction of sp³-hybridized carbons (Fsp3) is 0.412. The van der Waals surface area contributed by atoms with Crippen molar-refractivity contribution in [3.63, 3.8) is 0 Å². The second-order valence-corrected chi connectivity index (χ2v) is 5.79. The van der Waals surface area contributed by atoms with Gasteiger partial charge in [0.2, 0.25) is 0 Å². The van der Waals surface area contributed by atoms with Gasteiger partial charge in [-0.3, -0.25) is 4.98 Å². The first-order valence-electron chi connectivity index (χ1n) is 7.39. The minimum Gasteiger partial charge on any atom is -0.362 e. The van der Waals surface area contributed by atoms with E-state index in [1.165, 1.54) is 29.5 Å². The van der Waals surface area contributed by atoms with E-state index in [9.17, 15) is 0 Å². The lowest BCUT2D eigenvalue weighted by atomic mass is 9.85. The number of hydrogen-bond acceptors (Lipinski definition) is 3. The summed E-state index contributed by atoms with van der Waals surface area (Å²) in [6.45, 7) is 4.49. The minimum atomic E-state index is 0.356. The number of benzene rings is 1. The van der Waals surface area contributed by atoms with Gasteiger partial charge >= 0.3 is 0 Å². The fourth-order valence-electron chi connectivity index (χ4n) is 2.88. The van der Waals surface area contributed by atoms with E-state index in [4.69, 9.17) is 0 Å². The quantitative estimate of drug-likeness (QED) is 0.910. The molecule has 104 valence electrons. The van der Waals surface area contributed by atoms with E-state index < -0.39 is 0 Å². The van der Waals surface area contributed by atoms with Crippen LogP contribution in [-0.2, 0) is 6.42 Å². The lowest BCUT2D eigenvalue weighted by molar-refractivity contribution is 0.596. The summed E-state index contributed by atoms with van der Waals surface area (Å²) in [4.78, 5) is 8.46. The topological polar surface area (TPSA) is 37.8 Å². The highest BCUT2D eigenvalue weighted by Gasteiger charge is 2.21. The molecule has 0 saturated heterocycles. The zero-order valence-corrected chi connectivity index (χ0v) is 12.1. The molecule has 3 heteroatoms. The van der Waals surface area contributed by atoms with E-state index in [2.05, 4.69) is 47.3 Å². The van der Waals surface area contributed by atoms with E-state index in [0.29, 0.717) is 12.0 Å². The first-order valence-corrected chi connectivity index (χ1v) is 7.39. The highest BCUT2D eigenvalue weighted by atomic mass is 15.0. The minimum absolute atomic E-state index is 0.356. The van der Waals surface area contributed by atoms with Crippen molar-refractivity contribution in [3.05, 3.63) is 53.5 Å². The molecule has 1 atom stereocenters. The van der Waals surface area contributed by atoms with Crippen molar-refractivity contribution in [1.29, 1.82) is 0 Å². The Morgan fingerprint density at radius 1 is 1.25 bits per heavy atom. The van der Waals surface area contributed by atoms with Gasteiger partial charge in [-0.1, -0.05) is 32.0 Å². The number of nitrogens with one attached hydrogen (secondary N) is 1. The molecule has 1 aliphatic rings. The maximum atomic E-state index is 4.33. The van der Waals surface area contributed by atoms with Crippen LogP contribution in [-0.4, -0.2) is 9.97 Å². The summed E-state index contributed by atoms with van der Waals surface area (Å²) in [5.74, 6) is 1.43. The van der Waals surface area contributed by atoms with Crippen molar-refractivity contribution in [3.8, 4) is 0 Å². The van der Waals surface area contributed by atoms with Crippen LogP contribution in [0, 0.1) is 0 Å². The Morgan fingerprint density at radius 2 is 2.15 bits per heavy atom. The normalized spacial score (nSPS) is 17.9. The van der Waals surface area contributed by atoms with Crippen molar-refractivity contribution in [2.45, 2.75) is 45.1 Å². The standard InChI is InChI=1S/C17H21N3/c1-12(2)14-7-6-13-4-3-5-16(15(13)10-14)20-17-11-18-8-9-19-17/h6-12,16H,3-5H2,1-2H3,(H,19,20)/t16-/m1/s1. The predicted molar refractivity (Wildman–Crippen MR) is 81.9 cm³/mol. The number of nitrogens with zero attached hydrogens (tertiary/aromatic N) is 2. The predicted octanol–water partition coefficient (Wildman–Crippen LogP) is 4.09. The Hall–Kier alpha value is -1.90. The van der Waals surface area contributed by atoms with Gasteiger partial charge in [-0.25, -0.2) is 4.98 Å². The number of aromatic nitrogens is 2. The Bertz CT molecular complexity index is 578. The molecule has 3 nitrogen and oxygen atoms in total. The van der Waals surface area contributed by atoms with E-state index in [1.54, 1.807) is 18.6 Å². The SMILES string of the molecule is CC(C)c1ccc2c(c1)[C@H](Nc1cnccn1)CCC2. The van der Waals surface area contributed by atoms with Crippen LogP contribution in [0.1, 0.15) is 55.3 Å². The van der Waals surface area contributed by atoms with Crippen molar-refractivity contribution in [1.82, 2.24) is 9.97 Å². The Kier molecular flexibility index (Phi) is 3.68. The van der Waals surface area contributed by atoms with Gasteiger partial charge in [0.25, 0.3) is 0 Å². The van der Waals surface area contributed by atoms with Crippen LogP contribution in [0.3, 0.4) is 0 Å². The third-order valence-electron chi connectivity index (χ3n) is 4.04. The van der Waals surface area contributed by atoms with Gasteiger partial charge in [-0.05, 0) is 41.9 Å². The summed E-state index contributed by atoms with van der Waals surface area (Å²) in [7, 11) is 0. The zero-order valence-electron chi connectivity index (χ0n) is 12.1. The van der Waals surface area contributed by atoms with E-state index >= 15 is 0 Å². The first-order chi connectivity index (χ1) is 9.74.